The average molecular weight is 307 g/mol. The zero-order chi connectivity index (χ0) is 9.84. The molecule has 70 valence electrons. The van der Waals surface area contributed by atoms with Gasteiger partial charge in [0.05, 0.1) is 6.54 Å². The fourth-order valence-electron chi connectivity index (χ4n) is 0.885. The van der Waals surface area contributed by atoms with Gasteiger partial charge in [0.25, 0.3) is 0 Å². The Balaban J connectivity index is 2.83. The molecule has 0 atom stereocenters. The topological polar surface area (TPSA) is 64.4 Å². The molecule has 13 heavy (non-hydrogen) atoms. The number of benzene rings is 1. The fourth-order valence-corrected chi connectivity index (χ4v) is 2.27. The summed E-state index contributed by atoms with van der Waals surface area (Å²) in [7, 11) is 0. The van der Waals surface area contributed by atoms with Gasteiger partial charge in [0.15, 0.2) is 5.96 Å². The van der Waals surface area contributed by atoms with Gasteiger partial charge in [-0.1, -0.05) is 31.9 Å². The summed E-state index contributed by atoms with van der Waals surface area (Å²) in [5.74, 6) is 0.107. The average Bonchev–Trinajstić information content (AvgIpc) is 1.99. The van der Waals surface area contributed by atoms with Crippen LogP contribution in [-0.2, 0) is 6.54 Å². The molecule has 0 saturated heterocycles. The van der Waals surface area contributed by atoms with Gasteiger partial charge < -0.3 is 11.5 Å². The van der Waals surface area contributed by atoms with Crippen LogP contribution in [0.1, 0.15) is 5.56 Å². The molecule has 1 rings (SSSR count). The summed E-state index contributed by atoms with van der Waals surface area (Å²) in [5.41, 5.74) is 11.5. The first kappa shape index (κ1) is 10.5. The third-order valence-corrected chi connectivity index (χ3v) is 2.28. The summed E-state index contributed by atoms with van der Waals surface area (Å²) in [6.07, 6.45) is 0. The highest BCUT2D eigenvalue weighted by molar-refractivity contribution is 9.11. The normalized spacial score (nSPS) is 9.69. The van der Waals surface area contributed by atoms with Crippen LogP contribution in [0, 0.1) is 0 Å². The minimum Gasteiger partial charge on any atom is -0.370 e. The number of aliphatic imine (C=N–C) groups is 1. The van der Waals surface area contributed by atoms with E-state index >= 15 is 0 Å². The van der Waals surface area contributed by atoms with Crippen molar-refractivity contribution in [1.82, 2.24) is 0 Å². The molecular formula is C8H9Br2N3. The molecule has 0 unspecified atom stereocenters. The molecule has 0 amide bonds. The Hall–Kier alpha value is -0.550. The summed E-state index contributed by atoms with van der Waals surface area (Å²) in [4.78, 5) is 3.91. The first-order valence-corrected chi connectivity index (χ1v) is 5.17. The molecule has 0 fully saturated rings. The first-order chi connectivity index (χ1) is 6.08. The van der Waals surface area contributed by atoms with Crippen LogP contribution in [0.2, 0.25) is 0 Å². The smallest absolute Gasteiger partial charge is 0.186 e. The highest BCUT2D eigenvalue weighted by atomic mass is 79.9. The van der Waals surface area contributed by atoms with Crippen molar-refractivity contribution in [2.45, 2.75) is 6.54 Å². The molecule has 0 saturated carbocycles. The Bertz CT molecular complexity index is 312. The van der Waals surface area contributed by atoms with Crippen LogP contribution < -0.4 is 11.5 Å². The summed E-state index contributed by atoms with van der Waals surface area (Å²) in [6, 6.07) is 5.90. The first-order valence-electron chi connectivity index (χ1n) is 3.58. The van der Waals surface area contributed by atoms with Gasteiger partial charge in [0.2, 0.25) is 0 Å². The van der Waals surface area contributed by atoms with Crippen molar-refractivity contribution in [3.63, 3.8) is 0 Å². The highest BCUT2D eigenvalue weighted by Gasteiger charge is 1.96. The number of guanidine groups is 1. The van der Waals surface area contributed by atoms with Gasteiger partial charge in [-0.2, -0.15) is 0 Å². The van der Waals surface area contributed by atoms with Crippen LogP contribution in [0.25, 0.3) is 0 Å². The largest absolute Gasteiger partial charge is 0.370 e. The number of hydrogen-bond donors (Lipinski definition) is 2. The van der Waals surface area contributed by atoms with Gasteiger partial charge in [-0.3, -0.25) is 0 Å². The molecule has 0 aliphatic rings. The maximum Gasteiger partial charge on any atom is 0.186 e. The van der Waals surface area contributed by atoms with E-state index in [0.29, 0.717) is 6.54 Å². The Morgan fingerprint density at radius 2 is 1.69 bits per heavy atom. The number of hydrogen-bond acceptors (Lipinski definition) is 1. The van der Waals surface area contributed by atoms with Gasteiger partial charge in [-0.15, -0.1) is 0 Å². The predicted octanol–water partition coefficient (Wildman–Crippen LogP) is 1.98. The summed E-state index contributed by atoms with van der Waals surface area (Å²) in [6.45, 7) is 0.500. The van der Waals surface area contributed by atoms with Crippen molar-refractivity contribution in [1.29, 1.82) is 0 Å². The van der Waals surface area contributed by atoms with Gasteiger partial charge in [0.1, 0.15) is 0 Å². The lowest BCUT2D eigenvalue weighted by molar-refractivity contribution is 1.05. The van der Waals surface area contributed by atoms with E-state index < -0.39 is 0 Å². The number of nitrogens with zero attached hydrogens (tertiary/aromatic N) is 1. The Morgan fingerprint density at radius 1 is 1.15 bits per heavy atom. The van der Waals surface area contributed by atoms with E-state index in [2.05, 4.69) is 36.9 Å². The molecule has 1 aromatic rings. The van der Waals surface area contributed by atoms with Crippen LogP contribution >= 0.6 is 31.9 Å². The Kier molecular flexibility index (Phi) is 3.74. The molecule has 0 aliphatic heterocycles. The Morgan fingerprint density at radius 3 is 2.15 bits per heavy atom. The monoisotopic (exact) mass is 305 g/mol. The maximum absolute atomic E-state index is 5.22. The van der Waals surface area contributed by atoms with Gasteiger partial charge >= 0.3 is 0 Å². The van der Waals surface area contributed by atoms with E-state index in [1.54, 1.807) is 0 Å². The van der Waals surface area contributed by atoms with E-state index in [9.17, 15) is 0 Å². The van der Waals surface area contributed by atoms with Crippen LogP contribution in [0.15, 0.2) is 32.1 Å². The maximum atomic E-state index is 5.22. The van der Waals surface area contributed by atoms with Crippen LogP contribution in [-0.4, -0.2) is 5.96 Å². The Labute approximate surface area is 93.5 Å². The van der Waals surface area contributed by atoms with E-state index in [1.807, 2.05) is 18.2 Å². The zero-order valence-corrected chi connectivity index (χ0v) is 9.97. The SMILES string of the molecule is NC(N)=NCc1cc(Br)cc(Br)c1. The minimum atomic E-state index is 0.107. The molecule has 5 heteroatoms. The van der Waals surface area contributed by atoms with Crippen LogP contribution in [0.4, 0.5) is 0 Å². The summed E-state index contributed by atoms with van der Waals surface area (Å²) in [5, 5.41) is 0. The van der Waals surface area contributed by atoms with Crippen molar-refractivity contribution in [2.24, 2.45) is 16.5 Å². The molecule has 0 spiro atoms. The lowest BCUT2D eigenvalue weighted by Crippen LogP contribution is -2.22. The molecule has 3 nitrogen and oxygen atoms in total. The van der Waals surface area contributed by atoms with Gasteiger partial charge in [0, 0.05) is 8.95 Å². The van der Waals surface area contributed by atoms with Crippen molar-refractivity contribution >= 4 is 37.8 Å². The molecule has 4 N–H and O–H groups in total. The second kappa shape index (κ2) is 4.62. The number of nitrogens with two attached hydrogens (primary N) is 2. The lowest BCUT2D eigenvalue weighted by atomic mass is 10.2. The number of rotatable bonds is 2. The fraction of sp³-hybridized carbons (Fsp3) is 0.125. The van der Waals surface area contributed by atoms with Crippen molar-refractivity contribution in [2.75, 3.05) is 0 Å². The quantitative estimate of drug-likeness (QED) is 0.648. The number of halogens is 2. The van der Waals surface area contributed by atoms with Crippen molar-refractivity contribution in [3.8, 4) is 0 Å². The van der Waals surface area contributed by atoms with Crippen molar-refractivity contribution < 1.29 is 0 Å². The molecular weight excluding hydrogens is 298 g/mol. The third-order valence-electron chi connectivity index (χ3n) is 1.37. The standard InChI is InChI=1S/C8H9Br2N3/c9-6-1-5(2-7(10)3-6)4-13-8(11)12/h1-3H,4H2,(H4,11,12,13). The van der Waals surface area contributed by atoms with Gasteiger partial charge in [-0.25, -0.2) is 4.99 Å². The highest BCUT2D eigenvalue weighted by Crippen LogP contribution is 2.20. The molecule has 0 heterocycles. The van der Waals surface area contributed by atoms with Crippen molar-refractivity contribution in [3.05, 3.63) is 32.7 Å². The second-order valence-corrected chi connectivity index (χ2v) is 4.35. The van der Waals surface area contributed by atoms with Gasteiger partial charge in [-0.05, 0) is 23.8 Å². The van der Waals surface area contributed by atoms with Crippen LogP contribution in [0.3, 0.4) is 0 Å². The van der Waals surface area contributed by atoms with E-state index in [4.69, 9.17) is 11.5 Å². The van der Waals surface area contributed by atoms with E-state index in [-0.39, 0.29) is 5.96 Å². The zero-order valence-electron chi connectivity index (χ0n) is 6.80. The second-order valence-electron chi connectivity index (χ2n) is 2.52. The minimum absolute atomic E-state index is 0.107. The third kappa shape index (κ3) is 3.78. The molecule has 1 aromatic carbocycles. The summed E-state index contributed by atoms with van der Waals surface area (Å²) < 4.78 is 2.00. The van der Waals surface area contributed by atoms with Crippen LogP contribution in [0.5, 0.6) is 0 Å². The molecule has 0 aromatic heterocycles. The van der Waals surface area contributed by atoms with E-state index in [0.717, 1.165) is 14.5 Å². The molecule has 0 bridgehead atoms. The summed E-state index contributed by atoms with van der Waals surface area (Å²) >= 11 is 6.76. The lowest BCUT2D eigenvalue weighted by Gasteiger charge is -1.99. The molecule has 0 radical (unpaired) electrons. The van der Waals surface area contributed by atoms with E-state index in [1.165, 1.54) is 0 Å². The molecule has 0 aliphatic carbocycles. The predicted molar refractivity (Wildman–Crippen MR) is 61.4 cm³/mol.